The number of H-pyrrole nitrogens is 1. The van der Waals surface area contributed by atoms with Gasteiger partial charge in [-0.3, -0.25) is 0 Å². The van der Waals surface area contributed by atoms with Crippen molar-refractivity contribution in [2.24, 2.45) is 5.73 Å². The van der Waals surface area contributed by atoms with E-state index in [1.165, 1.54) is 0 Å². The van der Waals surface area contributed by atoms with Crippen molar-refractivity contribution in [2.45, 2.75) is 12.5 Å². The molecule has 92 valence electrons. The van der Waals surface area contributed by atoms with E-state index in [0.717, 1.165) is 11.3 Å². The lowest BCUT2D eigenvalue weighted by Crippen LogP contribution is -2.13. The summed E-state index contributed by atoms with van der Waals surface area (Å²) in [6.07, 6.45) is 6.98. The lowest BCUT2D eigenvalue weighted by molar-refractivity contribution is 0.354. The first-order valence-corrected chi connectivity index (χ1v) is 5.42. The molecule has 0 unspecified atom stereocenters. The van der Waals surface area contributed by atoms with Gasteiger partial charge in [0, 0.05) is 18.3 Å². The molecule has 0 aliphatic rings. The largest absolute Gasteiger partial charge is 0.472 e. The van der Waals surface area contributed by atoms with Gasteiger partial charge in [0.15, 0.2) is 0 Å². The zero-order valence-corrected chi connectivity index (χ0v) is 9.41. The molecule has 3 heterocycles. The summed E-state index contributed by atoms with van der Waals surface area (Å²) >= 11 is 0. The SMILES string of the molecule is N[C@@H](Cc1cnc[nH]1)c1nc(-c2ccoc2)no1. The van der Waals surface area contributed by atoms with Crippen molar-refractivity contribution in [1.82, 2.24) is 20.1 Å². The summed E-state index contributed by atoms with van der Waals surface area (Å²) in [7, 11) is 0. The molecule has 7 heteroatoms. The minimum Gasteiger partial charge on any atom is -0.472 e. The van der Waals surface area contributed by atoms with Gasteiger partial charge < -0.3 is 19.7 Å². The van der Waals surface area contributed by atoms with Crippen LogP contribution in [0, 0.1) is 0 Å². The van der Waals surface area contributed by atoms with Gasteiger partial charge in [-0.15, -0.1) is 0 Å². The second kappa shape index (κ2) is 4.46. The van der Waals surface area contributed by atoms with Gasteiger partial charge in [-0.05, 0) is 6.07 Å². The highest BCUT2D eigenvalue weighted by molar-refractivity contribution is 5.51. The van der Waals surface area contributed by atoms with Crippen LogP contribution < -0.4 is 5.73 Å². The molecule has 0 aromatic carbocycles. The quantitative estimate of drug-likeness (QED) is 0.717. The first-order valence-electron chi connectivity index (χ1n) is 5.42. The molecular formula is C11H11N5O2. The van der Waals surface area contributed by atoms with Gasteiger partial charge >= 0.3 is 0 Å². The van der Waals surface area contributed by atoms with Crippen LogP contribution in [-0.2, 0) is 6.42 Å². The Bertz CT molecular complexity index is 599. The molecule has 3 N–H and O–H groups in total. The molecule has 0 saturated carbocycles. The molecular weight excluding hydrogens is 234 g/mol. The van der Waals surface area contributed by atoms with Crippen LogP contribution in [0.4, 0.5) is 0 Å². The van der Waals surface area contributed by atoms with Crippen molar-refractivity contribution in [3.05, 3.63) is 42.7 Å². The van der Waals surface area contributed by atoms with Crippen LogP contribution in [0.15, 0.2) is 40.1 Å². The van der Waals surface area contributed by atoms with Crippen LogP contribution in [-0.4, -0.2) is 20.1 Å². The molecule has 0 saturated heterocycles. The number of nitrogens with two attached hydrogens (primary N) is 1. The maximum atomic E-state index is 5.99. The number of aromatic amines is 1. The van der Waals surface area contributed by atoms with Crippen LogP contribution in [0.3, 0.4) is 0 Å². The van der Waals surface area contributed by atoms with Crippen LogP contribution in [0.1, 0.15) is 17.6 Å². The van der Waals surface area contributed by atoms with Crippen molar-refractivity contribution in [3.63, 3.8) is 0 Å². The average molecular weight is 245 g/mol. The Morgan fingerprint density at radius 2 is 2.39 bits per heavy atom. The first kappa shape index (κ1) is 10.7. The van der Waals surface area contributed by atoms with Crippen molar-refractivity contribution in [1.29, 1.82) is 0 Å². The molecule has 0 amide bonds. The second-order valence-electron chi connectivity index (χ2n) is 3.86. The molecule has 1 atom stereocenters. The number of hydrogen-bond donors (Lipinski definition) is 2. The third kappa shape index (κ3) is 2.03. The maximum absolute atomic E-state index is 5.99. The number of hydrogen-bond acceptors (Lipinski definition) is 6. The van der Waals surface area contributed by atoms with E-state index in [2.05, 4.69) is 20.1 Å². The summed E-state index contributed by atoms with van der Waals surface area (Å²) in [6, 6.07) is 1.40. The van der Waals surface area contributed by atoms with E-state index >= 15 is 0 Å². The Hall–Kier alpha value is -2.41. The zero-order chi connectivity index (χ0) is 12.4. The number of furan rings is 1. The Kier molecular flexibility index (Phi) is 2.66. The van der Waals surface area contributed by atoms with Gasteiger partial charge in [0.2, 0.25) is 11.7 Å². The Morgan fingerprint density at radius 3 is 3.11 bits per heavy atom. The smallest absolute Gasteiger partial charge is 0.244 e. The molecule has 3 aromatic rings. The van der Waals surface area contributed by atoms with Crippen LogP contribution in [0.5, 0.6) is 0 Å². The molecule has 3 aromatic heterocycles. The fraction of sp³-hybridized carbons (Fsp3) is 0.182. The third-order valence-corrected chi connectivity index (χ3v) is 2.53. The van der Waals surface area contributed by atoms with Gasteiger partial charge in [0.1, 0.15) is 6.26 Å². The van der Waals surface area contributed by atoms with Gasteiger partial charge in [-0.1, -0.05) is 5.16 Å². The van der Waals surface area contributed by atoms with E-state index in [0.29, 0.717) is 18.1 Å². The Balaban J connectivity index is 1.77. The number of imidazole rings is 1. The predicted octanol–water partition coefficient (Wildman–Crippen LogP) is 1.30. The van der Waals surface area contributed by atoms with Crippen molar-refractivity contribution in [3.8, 4) is 11.4 Å². The van der Waals surface area contributed by atoms with E-state index in [9.17, 15) is 0 Å². The molecule has 0 fully saturated rings. The summed E-state index contributed by atoms with van der Waals surface area (Å²) in [5.41, 5.74) is 7.67. The van der Waals surface area contributed by atoms with Gasteiger partial charge in [0.05, 0.1) is 24.2 Å². The molecule has 0 spiro atoms. The Morgan fingerprint density at radius 1 is 1.44 bits per heavy atom. The molecule has 3 rings (SSSR count). The topological polar surface area (TPSA) is 107 Å². The number of rotatable bonds is 4. The fourth-order valence-electron chi connectivity index (χ4n) is 1.62. The van der Waals surface area contributed by atoms with E-state index in [-0.39, 0.29) is 6.04 Å². The molecule has 18 heavy (non-hydrogen) atoms. The highest BCUT2D eigenvalue weighted by atomic mass is 16.5. The van der Waals surface area contributed by atoms with Crippen molar-refractivity contribution in [2.75, 3.05) is 0 Å². The van der Waals surface area contributed by atoms with E-state index in [1.807, 2.05) is 0 Å². The predicted molar refractivity (Wildman–Crippen MR) is 61.2 cm³/mol. The monoisotopic (exact) mass is 245 g/mol. The van der Waals surface area contributed by atoms with Gasteiger partial charge in [-0.2, -0.15) is 4.98 Å². The molecule has 7 nitrogen and oxygen atoms in total. The van der Waals surface area contributed by atoms with E-state index < -0.39 is 0 Å². The lowest BCUT2D eigenvalue weighted by atomic mass is 10.2. The fourth-order valence-corrected chi connectivity index (χ4v) is 1.62. The lowest BCUT2D eigenvalue weighted by Gasteiger charge is -2.03. The van der Waals surface area contributed by atoms with Gasteiger partial charge in [0.25, 0.3) is 0 Å². The molecule has 0 bridgehead atoms. The number of nitrogens with one attached hydrogen (secondary N) is 1. The normalized spacial score (nSPS) is 12.7. The Labute approximate surface area is 102 Å². The van der Waals surface area contributed by atoms with Gasteiger partial charge in [-0.25, -0.2) is 4.98 Å². The van der Waals surface area contributed by atoms with Crippen LogP contribution >= 0.6 is 0 Å². The number of aromatic nitrogens is 4. The van der Waals surface area contributed by atoms with E-state index in [1.54, 1.807) is 31.1 Å². The molecule has 0 aliphatic heterocycles. The highest BCUT2D eigenvalue weighted by Gasteiger charge is 2.17. The third-order valence-electron chi connectivity index (χ3n) is 2.53. The van der Waals surface area contributed by atoms with Crippen LogP contribution in [0.25, 0.3) is 11.4 Å². The maximum Gasteiger partial charge on any atom is 0.244 e. The standard InChI is InChI=1S/C11H11N5O2/c12-9(3-8-4-13-6-14-8)11-15-10(16-18-11)7-1-2-17-5-7/h1-2,4-6,9H,3,12H2,(H,13,14)/t9-/m0/s1. The second-order valence-corrected chi connectivity index (χ2v) is 3.86. The minimum atomic E-state index is -0.362. The summed E-state index contributed by atoms with van der Waals surface area (Å²) in [5, 5.41) is 3.86. The minimum absolute atomic E-state index is 0.362. The van der Waals surface area contributed by atoms with E-state index in [4.69, 9.17) is 14.7 Å². The summed E-state index contributed by atoms with van der Waals surface area (Å²) in [5.74, 6) is 0.861. The first-order chi connectivity index (χ1) is 8.83. The van der Waals surface area contributed by atoms with Crippen molar-refractivity contribution >= 4 is 0 Å². The zero-order valence-electron chi connectivity index (χ0n) is 9.41. The van der Waals surface area contributed by atoms with Crippen molar-refractivity contribution < 1.29 is 8.94 Å². The highest BCUT2D eigenvalue weighted by Crippen LogP contribution is 2.19. The summed E-state index contributed by atoms with van der Waals surface area (Å²) in [4.78, 5) is 11.1. The molecule has 0 aliphatic carbocycles. The molecule has 0 radical (unpaired) electrons. The van der Waals surface area contributed by atoms with Crippen LogP contribution in [0.2, 0.25) is 0 Å². The average Bonchev–Trinajstić information content (AvgIpc) is 3.11. The summed E-state index contributed by atoms with van der Waals surface area (Å²) < 4.78 is 10.1. The summed E-state index contributed by atoms with van der Waals surface area (Å²) in [6.45, 7) is 0. The number of nitrogens with zero attached hydrogens (tertiary/aromatic N) is 3.